The van der Waals surface area contributed by atoms with Crippen LogP contribution in [-0.2, 0) is 4.74 Å². The number of nitrogens with zero attached hydrogens (tertiary/aromatic N) is 3. The molecule has 8 heteroatoms. The number of carbonyl (C=O) groups is 1. The van der Waals surface area contributed by atoms with E-state index in [1.807, 2.05) is 34.2 Å². The van der Waals surface area contributed by atoms with E-state index in [4.69, 9.17) is 32.4 Å². The van der Waals surface area contributed by atoms with E-state index >= 15 is 0 Å². The minimum Gasteiger partial charge on any atom is -0.453 e. The number of hydrogen-bond acceptors (Lipinski definition) is 5. The van der Waals surface area contributed by atoms with Gasteiger partial charge in [0.25, 0.3) is 5.91 Å². The first-order chi connectivity index (χ1) is 15.0. The van der Waals surface area contributed by atoms with Gasteiger partial charge in [-0.05, 0) is 67.3 Å². The van der Waals surface area contributed by atoms with Gasteiger partial charge >= 0.3 is 0 Å². The molecule has 0 atom stereocenters. The molecule has 0 aliphatic carbocycles. The zero-order valence-corrected chi connectivity index (χ0v) is 18.3. The fourth-order valence-electron chi connectivity index (χ4n) is 4.04. The molecule has 2 aliphatic rings. The van der Waals surface area contributed by atoms with Crippen molar-refractivity contribution in [1.82, 2.24) is 9.91 Å². The van der Waals surface area contributed by atoms with Crippen molar-refractivity contribution in [3.8, 4) is 0 Å². The van der Waals surface area contributed by atoms with E-state index < -0.39 is 0 Å². The molecule has 2 aliphatic heterocycles. The number of likely N-dealkylation sites (tertiary alicyclic amines) is 1. The van der Waals surface area contributed by atoms with Crippen LogP contribution in [0.3, 0.4) is 0 Å². The number of carbonyl (C=O) groups excluding carboxylic acids is 1. The van der Waals surface area contributed by atoms with Gasteiger partial charge in [-0.15, -0.1) is 5.10 Å². The van der Waals surface area contributed by atoms with Gasteiger partial charge in [0.1, 0.15) is 5.58 Å². The first kappa shape index (κ1) is 20.2. The summed E-state index contributed by atoms with van der Waals surface area (Å²) >= 11 is 12.0. The molecule has 1 saturated heterocycles. The summed E-state index contributed by atoms with van der Waals surface area (Å²) in [6.07, 6.45) is 1.83. The van der Waals surface area contributed by atoms with Gasteiger partial charge in [-0.2, -0.15) is 0 Å². The van der Waals surface area contributed by atoms with Crippen LogP contribution in [0, 0.1) is 5.92 Å². The quantitative estimate of drug-likeness (QED) is 0.537. The molecule has 0 N–H and O–H groups in total. The van der Waals surface area contributed by atoms with Gasteiger partial charge in [-0.1, -0.05) is 23.2 Å². The number of fused-ring (bicyclic) bond motifs is 1. The lowest BCUT2D eigenvalue weighted by Crippen LogP contribution is -2.40. The fourth-order valence-corrected chi connectivity index (χ4v) is 4.35. The first-order valence-corrected chi connectivity index (χ1v) is 11.0. The standard InChI is InChI=1S/C23H21Cl2N3O3/c24-18-3-1-16(2-4-18)22-26-28(14-30-22)13-15-7-9-27(10-8-15)23(29)21-12-17-11-19(25)5-6-20(17)31-21/h1-6,11-12,15H,7-10,13-14H2. The van der Waals surface area contributed by atoms with Crippen LogP contribution in [0.15, 0.2) is 58.0 Å². The molecule has 1 fully saturated rings. The van der Waals surface area contributed by atoms with Gasteiger partial charge in [0, 0.05) is 40.6 Å². The minimum absolute atomic E-state index is 0.0710. The minimum atomic E-state index is -0.0710. The Morgan fingerprint density at radius 3 is 2.55 bits per heavy atom. The lowest BCUT2D eigenvalue weighted by atomic mass is 9.96. The molecule has 0 unspecified atom stereocenters. The highest BCUT2D eigenvalue weighted by Crippen LogP contribution is 2.26. The molecule has 5 rings (SSSR count). The van der Waals surface area contributed by atoms with Crippen LogP contribution in [-0.4, -0.2) is 48.1 Å². The predicted molar refractivity (Wildman–Crippen MR) is 120 cm³/mol. The van der Waals surface area contributed by atoms with Gasteiger partial charge in [0.2, 0.25) is 5.90 Å². The Kier molecular flexibility index (Phi) is 5.50. The van der Waals surface area contributed by atoms with Crippen molar-refractivity contribution in [1.29, 1.82) is 0 Å². The summed E-state index contributed by atoms with van der Waals surface area (Å²) in [5.74, 6) is 1.36. The summed E-state index contributed by atoms with van der Waals surface area (Å²) in [6.45, 7) is 2.65. The second kappa shape index (κ2) is 8.44. The maximum atomic E-state index is 12.9. The first-order valence-electron chi connectivity index (χ1n) is 10.3. The number of amides is 1. The molecule has 0 spiro atoms. The number of halogens is 2. The molecule has 3 aromatic rings. The van der Waals surface area contributed by atoms with Crippen LogP contribution in [0.1, 0.15) is 29.0 Å². The highest BCUT2D eigenvalue weighted by molar-refractivity contribution is 6.31. The highest BCUT2D eigenvalue weighted by Gasteiger charge is 2.28. The second-order valence-electron chi connectivity index (χ2n) is 7.90. The molecule has 0 saturated carbocycles. The largest absolute Gasteiger partial charge is 0.453 e. The van der Waals surface area contributed by atoms with Gasteiger partial charge in [-0.3, -0.25) is 9.80 Å². The molecule has 2 aromatic carbocycles. The third kappa shape index (κ3) is 4.36. The molecule has 1 amide bonds. The number of hydrogen-bond donors (Lipinski definition) is 0. The zero-order valence-electron chi connectivity index (χ0n) is 16.8. The van der Waals surface area contributed by atoms with Gasteiger partial charge < -0.3 is 14.1 Å². The lowest BCUT2D eigenvalue weighted by Gasteiger charge is -2.32. The molecule has 1 aromatic heterocycles. The third-order valence-electron chi connectivity index (χ3n) is 5.73. The number of ether oxygens (including phenoxy) is 1. The number of furan rings is 1. The van der Waals surface area contributed by atoms with Gasteiger partial charge in [0.15, 0.2) is 12.5 Å². The smallest absolute Gasteiger partial charge is 0.289 e. The van der Waals surface area contributed by atoms with Crippen LogP contribution < -0.4 is 0 Å². The van der Waals surface area contributed by atoms with E-state index in [1.54, 1.807) is 24.3 Å². The number of hydrazone groups is 1. The lowest BCUT2D eigenvalue weighted by molar-refractivity contribution is 0.0620. The molecule has 31 heavy (non-hydrogen) atoms. The summed E-state index contributed by atoms with van der Waals surface area (Å²) in [6, 6.07) is 14.6. The van der Waals surface area contributed by atoms with Crippen molar-refractivity contribution in [3.63, 3.8) is 0 Å². The molecule has 0 bridgehead atoms. The average Bonchev–Trinajstić information content (AvgIpc) is 3.41. The van der Waals surface area contributed by atoms with Crippen molar-refractivity contribution in [2.75, 3.05) is 26.4 Å². The van der Waals surface area contributed by atoms with E-state index in [0.717, 1.165) is 30.3 Å². The topological polar surface area (TPSA) is 58.3 Å². The van der Waals surface area contributed by atoms with E-state index in [1.165, 1.54) is 0 Å². The fraction of sp³-hybridized carbons (Fsp3) is 0.304. The Balaban J connectivity index is 1.17. The van der Waals surface area contributed by atoms with Crippen LogP contribution in [0.2, 0.25) is 10.0 Å². The van der Waals surface area contributed by atoms with Crippen LogP contribution in [0.5, 0.6) is 0 Å². The van der Waals surface area contributed by atoms with E-state index in [0.29, 0.717) is 53.0 Å². The van der Waals surface area contributed by atoms with Gasteiger partial charge in [0.05, 0.1) is 0 Å². The molecule has 3 heterocycles. The zero-order chi connectivity index (χ0) is 21.4. The maximum Gasteiger partial charge on any atom is 0.289 e. The Morgan fingerprint density at radius 2 is 1.77 bits per heavy atom. The molecule has 160 valence electrons. The SMILES string of the molecule is O=C(c1cc2cc(Cl)ccc2o1)N1CCC(CN2COC(c3ccc(Cl)cc3)=N2)CC1. The van der Waals surface area contributed by atoms with Crippen molar-refractivity contribution in [3.05, 3.63) is 69.9 Å². The van der Waals surface area contributed by atoms with Crippen molar-refractivity contribution >= 4 is 46.0 Å². The summed E-state index contributed by atoms with van der Waals surface area (Å²) in [7, 11) is 0. The van der Waals surface area contributed by atoms with E-state index in [-0.39, 0.29) is 5.91 Å². The Bertz CT molecular complexity index is 1130. The Labute approximate surface area is 190 Å². The number of benzene rings is 2. The Morgan fingerprint density at radius 1 is 1.03 bits per heavy atom. The van der Waals surface area contributed by atoms with Crippen LogP contribution in [0.4, 0.5) is 0 Å². The monoisotopic (exact) mass is 457 g/mol. The van der Waals surface area contributed by atoms with Crippen molar-refractivity contribution in [2.45, 2.75) is 12.8 Å². The van der Waals surface area contributed by atoms with E-state index in [9.17, 15) is 4.79 Å². The summed E-state index contributed by atoms with van der Waals surface area (Å²) in [5.41, 5.74) is 1.59. The van der Waals surface area contributed by atoms with Gasteiger partial charge in [-0.25, -0.2) is 0 Å². The summed E-state index contributed by atoms with van der Waals surface area (Å²) in [4.78, 5) is 14.7. The molecule has 0 radical (unpaired) electrons. The van der Waals surface area contributed by atoms with E-state index in [2.05, 4.69) is 5.10 Å². The number of piperidine rings is 1. The predicted octanol–water partition coefficient (Wildman–Crippen LogP) is 5.24. The third-order valence-corrected chi connectivity index (χ3v) is 6.22. The number of rotatable bonds is 4. The Hall–Kier alpha value is -2.70. The summed E-state index contributed by atoms with van der Waals surface area (Å²) in [5, 5.41) is 8.70. The second-order valence-corrected chi connectivity index (χ2v) is 8.78. The molecular weight excluding hydrogens is 437 g/mol. The normalized spacial score (nSPS) is 17.2. The average molecular weight is 458 g/mol. The summed E-state index contributed by atoms with van der Waals surface area (Å²) < 4.78 is 11.5. The van der Waals surface area contributed by atoms with Crippen LogP contribution >= 0.6 is 23.2 Å². The molecular formula is C23H21Cl2N3O3. The highest BCUT2D eigenvalue weighted by atomic mass is 35.5. The van der Waals surface area contributed by atoms with Crippen molar-refractivity contribution < 1.29 is 13.9 Å². The molecule has 6 nitrogen and oxygen atoms in total. The van der Waals surface area contributed by atoms with Crippen LogP contribution in [0.25, 0.3) is 11.0 Å². The van der Waals surface area contributed by atoms with Crippen molar-refractivity contribution in [2.24, 2.45) is 11.0 Å². The maximum absolute atomic E-state index is 12.9.